The van der Waals surface area contributed by atoms with Crippen LogP contribution in [0.4, 0.5) is 4.79 Å². The van der Waals surface area contributed by atoms with Crippen LogP contribution >= 0.6 is 11.6 Å². The molecule has 0 saturated carbocycles. The summed E-state index contributed by atoms with van der Waals surface area (Å²) >= 11 is 5.77. The van der Waals surface area contributed by atoms with Gasteiger partial charge in [-0.3, -0.25) is 0 Å². The molecular weight excluding hydrogens is 214 g/mol. The van der Waals surface area contributed by atoms with Gasteiger partial charge in [0.2, 0.25) is 0 Å². The quantitative estimate of drug-likeness (QED) is 0.775. The summed E-state index contributed by atoms with van der Waals surface area (Å²) < 4.78 is 5.11. The summed E-state index contributed by atoms with van der Waals surface area (Å²) in [6, 6.07) is 6.98. The Morgan fingerprint density at radius 2 is 2.00 bits per heavy atom. The molecule has 4 heteroatoms. The van der Waals surface area contributed by atoms with Crippen molar-refractivity contribution >= 4 is 22.7 Å². The third kappa shape index (κ3) is 2.99. The van der Waals surface area contributed by atoms with Gasteiger partial charge in [0.05, 0.1) is 0 Å². The zero-order chi connectivity index (χ0) is 11.4. The maximum absolute atomic E-state index is 11.3. The van der Waals surface area contributed by atoms with E-state index in [-0.39, 0.29) is 0 Å². The molecule has 1 aromatic rings. The third-order valence-corrected chi connectivity index (χ3v) is 1.95. The number of carbonyl (C=O) groups excluding carboxylic acids is 1. The number of nitrogens with zero attached hydrogens (tertiary/aromatic N) is 1. The molecule has 0 N–H and O–H groups in total. The molecule has 0 aromatic heterocycles. The number of amides is 1. The van der Waals surface area contributed by atoms with Crippen LogP contribution in [0.15, 0.2) is 30.8 Å². The molecule has 1 rings (SSSR count). The number of benzene rings is 1. The Balaban J connectivity index is 2.94. The van der Waals surface area contributed by atoms with Crippen LogP contribution in [-0.4, -0.2) is 25.1 Å². The van der Waals surface area contributed by atoms with Crippen molar-refractivity contribution in [3.8, 4) is 5.75 Å². The van der Waals surface area contributed by atoms with Crippen molar-refractivity contribution in [1.29, 1.82) is 0 Å². The lowest BCUT2D eigenvalue weighted by Crippen LogP contribution is -2.25. The molecule has 0 atom stereocenters. The van der Waals surface area contributed by atoms with Crippen molar-refractivity contribution in [3.63, 3.8) is 0 Å². The first kappa shape index (κ1) is 11.6. The second kappa shape index (κ2) is 4.84. The topological polar surface area (TPSA) is 29.5 Å². The summed E-state index contributed by atoms with van der Waals surface area (Å²) in [7, 11) is 3.22. The second-order valence-electron chi connectivity index (χ2n) is 3.16. The molecule has 0 aliphatic rings. The van der Waals surface area contributed by atoms with Crippen molar-refractivity contribution in [3.05, 3.63) is 36.4 Å². The predicted octanol–water partition coefficient (Wildman–Crippen LogP) is 2.96. The maximum atomic E-state index is 11.3. The van der Waals surface area contributed by atoms with Gasteiger partial charge in [-0.25, -0.2) is 4.79 Å². The number of carbonyl (C=O) groups is 1. The average molecular weight is 226 g/mol. The monoisotopic (exact) mass is 225 g/mol. The second-order valence-corrected chi connectivity index (χ2v) is 3.62. The van der Waals surface area contributed by atoms with Gasteiger partial charge in [0.15, 0.2) is 0 Å². The number of ether oxygens (including phenoxy) is 1. The third-order valence-electron chi connectivity index (χ3n) is 1.74. The molecule has 3 nitrogen and oxygen atoms in total. The Labute approximate surface area is 93.9 Å². The minimum absolute atomic E-state index is 0.345. The Hall–Kier alpha value is -1.48. The molecule has 0 saturated heterocycles. The smallest absolute Gasteiger partial charge is 0.410 e. The van der Waals surface area contributed by atoms with Gasteiger partial charge in [-0.2, -0.15) is 0 Å². The fourth-order valence-corrected chi connectivity index (χ4v) is 1.12. The van der Waals surface area contributed by atoms with E-state index >= 15 is 0 Å². The molecule has 15 heavy (non-hydrogen) atoms. The number of para-hydroxylation sites is 1. The van der Waals surface area contributed by atoms with Gasteiger partial charge in [0.1, 0.15) is 5.75 Å². The number of rotatable bonds is 2. The fraction of sp³-hybridized carbons (Fsp3) is 0.182. The van der Waals surface area contributed by atoms with E-state index in [4.69, 9.17) is 16.3 Å². The molecule has 0 spiro atoms. The van der Waals surface area contributed by atoms with E-state index in [0.29, 0.717) is 16.3 Å². The van der Waals surface area contributed by atoms with Crippen molar-refractivity contribution in [2.45, 2.75) is 0 Å². The lowest BCUT2D eigenvalue weighted by molar-refractivity contribution is 0.172. The van der Waals surface area contributed by atoms with Gasteiger partial charge in [0, 0.05) is 24.7 Å². The van der Waals surface area contributed by atoms with Crippen LogP contribution in [0, 0.1) is 0 Å². The summed E-state index contributed by atoms with van der Waals surface area (Å²) in [6.45, 7) is 3.60. The standard InChI is InChI=1S/C11H12ClNO2/c1-8(12)9-6-4-5-7-10(9)15-11(14)13(2)3/h4-7H,1H2,2-3H3. The van der Waals surface area contributed by atoms with Gasteiger partial charge < -0.3 is 9.64 Å². The highest BCUT2D eigenvalue weighted by Crippen LogP contribution is 2.27. The highest BCUT2D eigenvalue weighted by atomic mass is 35.5. The van der Waals surface area contributed by atoms with E-state index < -0.39 is 6.09 Å². The molecule has 0 aliphatic carbocycles. The SMILES string of the molecule is C=C(Cl)c1ccccc1OC(=O)N(C)C. The minimum atomic E-state index is -0.444. The van der Waals surface area contributed by atoms with Gasteiger partial charge in [-0.1, -0.05) is 30.3 Å². The zero-order valence-corrected chi connectivity index (χ0v) is 9.41. The summed E-state index contributed by atoms with van der Waals surface area (Å²) in [4.78, 5) is 12.7. The minimum Gasteiger partial charge on any atom is -0.410 e. The van der Waals surface area contributed by atoms with E-state index in [1.54, 1.807) is 38.4 Å². The van der Waals surface area contributed by atoms with Crippen molar-refractivity contribution in [2.75, 3.05) is 14.1 Å². The molecule has 0 heterocycles. The van der Waals surface area contributed by atoms with Crippen LogP contribution in [0.5, 0.6) is 5.75 Å². The van der Waals surface area contributed by atoms with Gasteiger partial charge in [-0.05, 0) is 12.1 Å². The summed E-state index contributed by atoms with van der Waals surface area (Å²) in [5, 5.41) is 0.345. The zero-order valence-electron chi connectivity index (χ0n) is 8.66. The van der Waals surface area contributed by atoms with Crippen LogP contribution < -0.4 is 4.74 Å². The molecular formula is C11H12ClNO2. The van der Waals surface area contributed by atoms with Gasteiger partial charge in [-0.15, -0.1) is 0 Å². The molecule has 0 radical (unpaired) electrons. The van der Waals surface area contributed by atoms with Crippen molar-refractivity contribution in [1.82, 2.24) is 4.90 Å². The molecule has 1 amide bonds. The van der Waals surface area contributed by atoms with Crippen LogP contribution in [0.1, 0.15) is 5.56 Å². The van der Waals surface area contributed by atoms with Crippen LogP contribution in [0.2, 0.25) is 0 Å². The Morgan fingerprint density at radius 3 is 2.53 bits per heavy atom. The summed E-state index contributed by atoms with van der Waals surface area (Å²) in [5.41, 5.74) is 0.620. The van der Waals surface area contributed by atoms with E-state index in [0.717, 1.165) is 0 Å². The normalized spacial score (nSPS) is 9.53. The van der Waals surface area contributed by atoms with Gasteiger partial charge in [0.25, 0.3) is 0 Å². The molecule has 0 fully saturated rings. The molecule has 80 valence electrons. The number of halogens is 1. The van der Waals surface area contributed by atoms with Crippen LogP contribution in [0.25, 0.3) is 5.03 Å². The summed E-state index contributed by atoms with van der Waals surface area (Å²) in [5.74, 6) is 0.413. The van der Waals surface area contributed by atoms with E-state index in [9.17, 15) is 4.79 Å². The van der Waals surface area contributed by atoms with E-state index in [1.807, 2.05) is 0 Å². The lowest BCUT2D eigenvalue weighted by Gasteiger charge is -2.12. The molecule has 0 bridgehead atoms. The van der Waals surface area contributed by atoms with Crippen LogP contribution in [-0.2, 0) is 0 Å². The molecule has 0 aliphatic heterocycles. The van der Waals surface area contributed by atoms with Gasteiger partial charge >= 0.3 is 6.09 Å². The first-order valence-electron chi connectivity index (χ1n) is 4.35. The van der Waals surface area contributed by atoms with Crippen LogP contribution in [0.3, 0.4) is 0 Å². The Morgan fingerprint density at radius 1 is 1.40 bits per heavy atom. The predicted molar refractivity (Wildman–Crippen MR) is 61.0 cm³/mol. The van der Waals surface area contributed by atoms with Crippen molar-refractivity contribution < 1.29 is 9.53 Å². The van der Waals surface area contributed by atoms with E-state index in [1.165, 1.54) is 4.90 Å². The summed E-state index contributed by atoms with van der Waals surface area (Å²) in [6.07, 6.45) is -0.444. The first-order chi connectivity index (χ1) is 7.02. The van der Waals surface area contributed by atoms with Crippen molar-refractivity contribution in [2.24, 2.45) is 0 Å². The number of hydrogen-bond acceptors (Lipinski definition) is 2. The fourth-order valence-electron chi connectivity index (χ4n) is 0.965. The molecule has 0 unspecified atom stereocenters. The first-order valence-corrected chi connectivity index (χ1v) is 4.73. The lowest BCUT2D eigenvalue weighted by atomic mass is 10.2. The Bertz CT molecular complexity index is 388. The largest absolute Gasteiger partial charge is 0.414 e. The average Bonchev–Trinajstić information content (AvgIpc) is 2.18. The highest BCUT2D eigenvalue weighted by Gasteiger charge is 2.10. The highest BCUT2D eigenvalue weighted by molar-refractivity contribution is 6.48. The van der Waals surface area contributed by atoms with E-state index in [2.05, 4.69) is 6.58 Å². The maximum Gasteiger partial charge on any atom is 0.414 e. The molecule has 1 aromatic carbocycles. The number of hydrogen-bond donors (Lipinski definition) is 0. The Kier molecular flexibility index (Phi) is 3.74.